The van der Waals surface area contributed by atoms with Crippen LogP contribution < -0.4 is 0 Å². The van der Waals surface area contributed by atoms with Crippen LogP contribution in [0.4, 0.5) is 4.39 Å². The van der Waals surface area contributed by atoms with Crippen LogP contribution in [-0.4, -0.2) is 59.5 Å². The lowest BCUT2D eigenvalue weighted by molar-refractivity contribution is 0.145. The van der Waals surface area contributed by atoms with E-state index in [0.29, 0.717) is 0 Å². The summed E-state index contributed by atoms with van der Waals surface area (Å²) in [5.41, 5.74) is 4.90. The van der Waals surface area contributed by atoms with Gasteiger partial charge in [0.15, 0.2) is 0 Å². The van der Waals surface area contributed by atoms with Gasteiger partial charge in [-0.05, 0) is 42.2 Å². The quantitative estimate of drug-likeness (QED) is 0.766. The maximum Gasteiger partial charge on any atom is 0.123 e. The van der Waals surface area contributed by atoms with E-state index in [4.69, 9.17) is 9.84 Å². The molecule has 0 aliphatic carbocycles. The van der Waals surface area contributed by atoms with Crippen LogP contribution in [0.3, 0.4) is 0 Å². The topological polar surface area (TPSA) is 33.5 Å². The molecule has 0 spiro atoms. The van der Waals surface area contributed by atoms with E-state index in [1.54, 1.807) is 7.11 Å². The molecule has 150 valence electrons. The first-order valence-corrected chi connectivity index (χ1v) is 10.2. The van der Waals surface area contributed by atoms with Crippen molar-refractivity contribution in [2.45, 2.75) is 32.5 Å². The van der Waals surface area contributed by atoms with Crippen molar-refractivity contribution >= 4 is 5.57 Å². The molecule has 0 radical (unpaired) electrons. The molecule has 0 unspecified atom stereocenters. The molecule has 2 aliphatic heterocycles. The molecule has 4 rings (SSSR count). The number of rotatable bonds is 6. The summed E-state index contributed by atoms with van der Waals surface area (Å²) in [7, 11) is 1.76. The molecule has 0 atom stereocenters. The number of ether oxygens (including phenoxy) is 1. The van der Waals surface area contributed by atoms with Crippen molar-refractivity contribution in [2.75, 3.05) is 39.9 Å². The number of hydrogen-bond acceptors (Lipinski definition) is 4. The summed E-state index contributed by atoms with van der Waals surface area (Å²) < 4.78 is 20.5. The highest BCUT2D eigenvalue weighted by Crippen LogP contribution is 2.23. The van der Waals surface area contributed by atoms with Crippen LogP contribution in [0.1, 0.15) is 29.8 Å². The van der Waals surface area contributed by atoms with Gasteiger partial charge in [-0.2, -0.15) is 5.10 Å². The second-order valence-corrected chi connectivity index (χ2v) is 7.69. The highest BCUT2D eigenvalue weighted by molar-refractivity contribution is 5.66. The third-order valence-corrected chi connectivity index (χ3v) is 5.65. The van der Waals surface area contributed by atoms with E-state index in [0.717, 1.165) is 76.5 Å². The Morgan fingerprint density at radius 3 is 2.71 bits per heavy atom. The van der Waals surface area contributed by atoms with Crippen molar-refractivity contribution in [3.8, 4) is 0 Å². The Kier molecular flexibility index (Phi) is 6.20. The van der Waals surface area contributed by atoms with Crippen LogP contribution in [0.15, 0.2) is 36.4 Å². The number of aromatic nitrogens is 2. The van der Waals surface area contributed by atoms with Gasteiger partial charge in [0.25, 0.3) is 0 Å². The van der Waals surface area contributed by atoms with Gasteiger partial charge >= 0.3 is 0 Å². The second kappa shape index (κ2) is 8.99. The highest BCUT2D eigenvalue weighted by atomic mass is 19.1. The summed E-state index contributed by atoms with van der Waals surface area (Å²) >= 11 is 0. The van der Waals surface area contributed by atoms with Gasteiger partial charge < -0.3 is 4.74 Å². The molecule has 0 bridgehead atoms. The minimum Gasteiger partial charge on any atom is -0.383 e. The Balaban J connectivity index is 1.36. The van der Waals surface area contributed by atoms with E-state index >= 15 is 0 Å². The van der Waals surface area contributed by atoms with Crippen molar-refractivity contribution in [3.05, 3.63) is 59.2 Å². The number of methoxy groups -OCH3 is 1. The number of benzene rings is 1. The molecule has 1 aromatic heterocycles. The minimum atomic E-state index is -0.179. The first-order valence-electron chi connectivity index (χ1n) is 10.2. The lowest BCUT2D eigenvalue weighted by Crippen LogP contribution is -2.28. The van der Waals surface area contributed by atoms with Gasteiger partial charge in [-0.3, -0.25) is 14.5 Å². The zero-order chi connectivity index (χ0) is 19.3. The van der Waals surface area contributed by atoms with Gasteiger partial charge in [0, 0.05) is 52.9 Å². The fourth-order valence-corrected chi connectivity index (χ4v) is 4.09. The molecular weight excluding hydrogens is 355 g/mol. The zero-order valence-electron chi connectivity index (χ0n) is 16.6. The lowest BCUT2D eigenvalue weighted by Gasteiger charge is -2.25. The van der Waals surface area contributed by atoms with E-state index in [9.17, 15) is 4.39 Å². The van der Waals surface area contributed by atoms with Gasteiger partial charge in [-0.25, -0.2) is 4.39 Å². The summed E-state index contributed by atoms with van der Waals surface area (Å²) in [4.78, 5) is 4.88. The Labute approximate surface area is 166 Å². The minimum absolute atomic E-state index is 0.179. The molecule has 3 heterocycles. The predicted octanol–water partition coefficient (Wildman–Crippen LogP) is 3.16. The molecule has 0 fully saturated rings. The van der Waals surface area contributed by atoms with Crippen molar-refractivity contribution in [1.82, 2.24) is 19.6 Å². The normalized spacial score (nSPS) is 18.6. The Morgan fingerprint density at radius 1 is 1.11 bits per heavy atom. The standard InChI is InChI=1S/C22H29FN4O/c1-28-14-13-25-9-2-10-27-22(17-25)15-21(24-27)16-26-11-7-19(8-12-26)18-3-5-20(23)6-4-18/h3-7,15H,2,8-14,16-17H2,1H3. The molecule has 28 heavy (non-hydrogen) atoms. The van der Waals surface area contributed by atoms with Gasteiger partial charge in [0.05, 0.1) is 18.0 Å². The van der Waals surface area contributed by atoms with E-state index in [-0.39, 0.29) is 5.82 Å². The fraction of sp³-hybridized carbons (Fsp3) is 0.500. The average molecular weight is 384 g/mol. The van der Waals surface area contributed by atoms with Gasteiger partial charge in [-0.1, -0.05) is 18.2 Å². The zero-order valence-corrected chi connectivity index (χ0v) is 16.6. The number of aryl methyl sites for hydroxylation is 1. The molecular formula is C22H29FN4O. The van der Waals surface area contributed by atoms with Crippen LogP contribution in [0, 0.1) is 5.82 Å². The third kappa shape index (κ3) is 4.69. The monoisotopic (exact) mass is 384 g/mol. The summed E-state index contributed by atoms with van der Waals surface area (Å²) in [5.74, 6) is -0.179. The summed E-state index contributed by atoms with van der Waals surface area (Å²) in [5, 5.41) is 4.86. The lowest BCUT2D eigenvalue weighted by atomic mass is 9.99. The van der Waals surface area contributed by atoms with Crippen LogP contribution in [0.5, 0.6) is 0 Å². The molecule has 1 aromatic carbocycles. The summed E-state index contributed by atoms with van der Waals surface area (Å²) in [6.45, 7) is 7.59. The Bertz CT molecular complexity index is 814. The molecule has 0 saturated heterocycles. The van der Waals surface area contributed by atoms with E-state index in [2.05, 4.69) is 26.6 Å². The van der Waals surface area contributed by atoms with Gasteiger partial charge in [0.2, 0.25) is 0 Å². The molecule has 0 N–H and O–H groups in total. The maximum atomic E-state index is 13.1. The SMILES string of the molecule is COCCN1CCCn2nc(CN3CC=C(c4ccc(F)cc4)CC3)cc2C1. The Morgan fingerprint density at radius 2 is 1.96 bits per heavy atom. The number of hydrogen-bond donors (Lipinski definition) is 0. The number of nitrogens with zero attached hydrogens (tertiary/aromatic N) is 4. The molecule has 5 nitrogen and oxygen atoms in total. The van der Waals surface area contributed by atoms with E-state index in [1.807, 2.05) is 12.1 Å². The molecule has 2 aromatic rings. The molecule has 0 saturated carbocycles. The number of fused-ring (bicyclic) bond motifs is 1. The fourth-order valence-electron chi connectivity index (χ4n) is 4.09. The second-order valence-electron chi connectivity index (χ2n) is 7.69. The van der Waals surface area contributed by atoms with E-state index in [1.165, 1.54) is 23.4 Å². The summed E-state index contributed by atoms with van der Waals surface area (Å²) in [6.07, 6.45) is 4.39. The first-order chi connectivity index (χ1) is 13.7. The molecule has 6 heteroatoms. The number of halogens is 1. The van der Waals surface area contributed by atoms with Crippen molar-refractivity contribution in [3.63, 3.8) is 0 Å². The Hall–Kier alpha value is -2.02. The highest BCUT2D eigenvalue weighted by Gasteiger charge is 2.19. The first kappa shape index (κ1) is 19.3. The maximum absolute atomic E-state index is 13.1. The largest absolute Gasteiger partial charge is 0.383 e. The van der Waals surface area contributed by atoms with Gasteiger partial charge in [-0.15, -0.1) is 0 Å². The van der Waals surface area contributed by atoms with Crippen LogP contribution >= 0.6 is 0 Å². The van der Waals surface area contributed by atoms with Crippen molar-refractivity contribution in [1.29, 1.82) is 0 Å². The van der Waals surface area contributed by atoms with E-state index < -0.39 is 0 Å². The van der Waals surface area contributed by atoms with Crippen molar-refractivity contribution in [2.24, 2.45) is 0 Å². The van der Waals surface area contributed by atoms with Crippen LogP contribution in [-0.2, 0) is 24.4 Å². The van der Waals surface area contributed by atoms with Crippen LogP contribution in [0.25, 0.3) is 5.57 Å². The van der Waals surface area contributed by atoms with Crippen LogP contribution in [0.2, 0.25) is 0 Å². The predicted molar refractivity (Wildman–Crippen MR) is 108 cm³/mol. The molecule has 0 amide bonds. The van der Waals surface area contributed by atoms with Crippen molar-refractivity contribution < 1.29 is 9.13 Å². The smallest absolute Gasteiger partial charge is 0.123 e. The average Bonchev–Trinajstić information content (AvgIpc) is 2.98. The molecule has 2 aliphatic rings. The van der Waals surface area contributed by atoms with Gasteiger partial charge in [0.1, 0.15) is 5.82 Å². The summed E-state index contributed by atoms with van der Waals surface area (Å²) in [6, 6.07) is 9.09. The third-order valence-electron chi connectivity index (χ3n) is 5.65.